The first-order valence-corrected chi connectivity index (χ1v) is 5.08. The average molecular weight is 230 g/mol. The lowest BCUT2D eigenvalue weighted by atomic mass is 10.3. The Morgan fingerprint density at radius 1 is 1.60 bits per heavy atom. The third-order valence-corrected chi connectivity index (χ3v) is 2.22. The van der Waals surface area contributed by atoms with E-state index in [0.29, 0.717) is 18.2 Å². The van der Waals surface area contributed by atoms with Gasteiger partial charge in [0.15, 0.2) is 0 Å². The Hall–Kier alpha value is -0.840. The highest BCUT2D eigenvalue weighted by molar-refractivity contribution is 6.30. The van der Waals surface area contributed by atoms with E-state index in [1.54, 1.807) is 13.3 Å². The summed E-state index contributed by atoms with van der Waals surface area (Å²) in [6, 6.07) is 3.65. The molecule has 0 radical (unpaired) electrons. The number of halogens is 1. The molecule has 0 aromatic carbocycles. The Balaban J connectivity index is 2.53. The van der Waals surface area contributed by atoms with E-state index in [-0.39, 0.29) is 6.04 Å². The Morgan fingerprint density at radius 3 is 2.87 bits per heavy atom. The molecule has 0 aliphatic heterocycles. The molecule has 2 N–H and O–H groups in total. The van der Waals surface area contributed by atoms with E-state index in [9.17, 15) is 0 Å². The van der Waals surface area contributed by atoms with Gasteiger partial charge in [0.25, 0.3) is 0 Å². The van der Waals surface area contributed by atoms with Gasteiger partial charge >= 0.3 is 0 Å². The predicted molar refractivity (Wildman–Crippen MR) is 62.4 cm³/mol. The molecule has 0 spiro atoms. The lowest BCUT2D eigenvalue weighted by Crippen LogP contribution is -2.38. The zero-order valence-electron chi connectivity index (χ0n) is 8.98. The minimum atomic E-state index is -0.0162. The molecule has 1 atom stereocenters. The molecule has 0 aliphatic carbocycles. The number of methoxy groups -OCH3 is 1. The number of hydrogen-bond donors (Lipinski definition) is 1. The minimum Gasteiger partial charge on any atom is -0.383 e. The van der Waals surface area contributed by atoms with Gasteiger partial charge in [-0.2, -0.15) is 0 Å². The minimum absolute atomic E-state index is 0.0162. The zero-order chi connectivity index (χ0) is 11.3. The molecule has 15 heavy (non-hydrogen) atoms. The molecule has 5 heteroatoms. The SMILES string of the molecule is COCC(N)CN(C)c1ccc(Cl)cn1. The largest absolute Gasteiger partial charge is 0.383 e. The van der Waals surface area contributed by atoms with Crippen LogP contribution in [0.4, 0.5) is 5.82 Å². The van der Waals surface area contributed by atoms with Crippen molar-refractivity contribution in [2.24, 2.45) is 5.73 Å². The fraction of sp³-hybridized carbons (Fsp3) is 0.500. The smallest absolute Gasteiger partial charge is 0.128 e. The molecule has 0 fully saturated rings. The topological polar surface area (TPSA) is 51.4 Å². The van der Waals surface area contributed by atoms with Crippen LogP contribution >= 0.6 is 11.6 Å². The highest BCUT2D eigenvalue weighted by Gasteiger charge is 2.07. The number of hydrogen-bond acceptors (Lipinski definition) is 4. The van der Waals surface area contributed by atoms with Gasteiger partial charge < -0.3 is 15.4 Å². The van der Waals surface area contributed by atoms with Gasteiger partial charge in [0.1, 0.15) is 5.82 Å². The van der Waals surface area contributed by atoms with Gasteiger partial charge in [-0.15, -0.1) is 0 Å². The fourth-order valence-electron chi connectivity index (χ4n) is 1.31. The van der Waals surface area contributed by atoms with Crippen LogP contribution in [-0.2, 0) is 4.74 Å². The van der Waals surface area contributed by atoms with Gasteiger partial charge in [0.05, 0.1) is 11.6 Å². The number of anilines is 1. The summed E-state index contributed by atoms with van der Waals surface area (Å²) < 4.78 is 4.97. The summed E-state index contributed by atoms with van der Waals surface area (Å²) in [7, 11) is 3.58. The summed E-state index contributed by atoms with van der Waals surface area (Å²) in [5, 5.41) is 0.633. The maximum atomic E-state index is 5.83. The molecule has 0 amide bonds. The molecule has 0 saturated heterocycles. The number of rotatable bonds is 5. The van der Waals surface area contributed by atoms with Crippen molar-refractivity contribution in [2.45, 2.75) is 6.04 Å². The lowest BCUT2D eigenvalue weighted by Gasteiger charge is -2.21. The van der Waals surface area contributed by atoms with Crippen LogP contribution < -0.4 is 10.6 Å². The molecule has 1 rings (SSSR count). The molecule has 0 aliphatic rings. The second-order valence-electron chi connectivity index (χ2n) is 3.43. The fourth-order valence-corrected chi connectivity index (χ4v) is 1.42. The number of pyridine rings is 1. The zero-order valence-corrected chi connectivity index (χ0v) is 9.74. The van der Waals surface area contributed by atoms with Crippen LogP contribution in [0.1, 0.15) is 0 Å². The summed E-state index contributed by atoms with van der Waals surface area (Å²) >= 11 is 5.75. The van der Waals surface area contributed by atoms with Crippen molar-refractivity contribution in [3.8, 4) is 0 Å². The predicted octanol–water partition coefficient (Wildman–Crippen LogP) is 1.14. The Labute approximate surface area is 95.0 Å². The van der Waals surface area contributed by atoms with Crippen LogP contribution in [0, 0.1) is 0 Å². The van der Waals surface area contributed by atoms with Gasteiger partial charge in [0, 0.05) is 32.9 Å². The number of likely N-dealkylation sites (N-methyl/N-ethyl adjacent to an activating group) is 1. The molecular formula is C10H16ClN3O. The Morgan fingerprint density at radius 2 is 2.33 bits per heavy atom. The maximum absolute atomic E-state index is 5.83. The highest BCUT2D eigenvalue weighted by atomic mass is 35.5. The van der Waals surface area contributed by atoms with E-state index in [0.717, 1.165) is 5.82 Å². The number of nitrogens with two attached hydrogens (primary N) is 1. The standard InChI is InChI=1S/C10H16ClN3O/c1-14(6-9(12)7-15-2)10-4-3-8(11)5-13-10/h3-5,9H,6-7,12H2,1-2H3. The lowest BCUT2D eigenvalue weighted by molar-refractivity contribution is 0.181. The average Bonchev–Trinajstić information content (AvgIpc) is 2.18. The number of nitrogens with zero attached hydrogens (tertiary/aromatic N) is 2. The first kappa shape index (κ1) is 12.2. The van der Waals surface area contributed by atoms with Crippen molar-refractivity contribution in [3.63, 3.8) is 0 Å². The van der Waals surface area contributed by atoms with Crippen LogP contribution in [-0.4, -0.2) is 38.3 Å². The van der Waals surface area contributed by atoms with Crippen LogP contribution in [0.25, 0.3) is 0 Å². The summed E-state index contributed by atoms with van der Waals surface area (Å²) in [5.41, 5.74) is 5.83. The quantitative estimate of drug-likeness (QED) is 0.823. The molecule has 84 valence electrons. The van der Waals surface area contributed by atoms with Gasteiger partial charge in [0.2, 0.25) is 0 Å². The molecule has 1 unspecified atom stereocenters. The molecule has 1 aromatic heterocycles. The van der Waals surface area contributed by atoms with Crippen LogP contribution in [0.15, 0.2) is 18.3 Å². The monoisotopic (exact) mass is 229 g/mol. The first-order chi connectivity index (χ1) is 7.13. The van der Waals surface area contributed by atoms with Crippen molar-refractivity contribution in [1.82, 2.24) is 4.98 Å². The number of ether oxygens (including phenoxy) is 1. The molecule has 0 saturated carbocycles. The molecule has 1 aromatic rings. The van der Waals surface area contributed by atoms with Gasteiger partial charge in [-0.3, -0.25) is 0 Å². The molecular weight excluding hydrogens is 214 g/mol. The van der Waals surface area contributed by atoms with E-state index in [1.807, 2.05) is 24.1 Å². The van der Waals surface area contributed by atoms with Crippen molar-refractivity contribution in [1.29, 1.82) is 0 Å². The normalized spacial score (nSPS) is 12.5. The van der Waals surface area contributed by atoms with E-state index in [4.69, 9.17) is 22.1 Å². The number of aromatic nitrogens is 1. The van der Waals surface area contributed by atoms with Gasteiger partial charge in [-0.25, -0.2) is 4.98 Å². The highest BCUT2D eigenvalue weighted by Crippen LogP contribution is 2.12. The first-order valence-electron chi connectivity index (χ1n) is 4.70. The molecule has 1 heterocycles. The van der Waals surface area contributed by atoms with Crippen LogP contribution in [0.5, 0.6) is 0 Å². The van der Waals surface area contributed by atoms with Crippen molar-refractivity contribution < 1.29 is 4.74 Å². The summed E-state index contributed by atoms with van der Waals surface area (Å²) in [4.78, 5) is 6.16. The third kappa shape index (κ3) is 4.03. The van der Waals surface area contributed by atoms with Crippen molar-refractivity contribution in [3.05, 3.63) is 23.4 Å². The summed E-state index contributed by atoms with van der Waals surface area (Å²) in [6.07, 6.45) is 1.62. The maximum Gasteiger partial charge on any atom is 0.128 e. The summed E-state index contributed by atoms with van der Waals surface area (Å²) in [5.74, 6) is 0.853. The van der Waals surface area contributed by atoms with Crippen LogP contribution in [0.3, 0.4) is 0 Å². The third-order valence-electron chi connectivity index (χ3n) is 1.99. The molecule has 4 nitrogen and oxygen atoms in total. The van der Waals surface area contributed by atoms with Gasteiger partial charge in [-0.05, 0) is 12.1 Å². The Bertz CT molecular complexity index is 291. The summed E-state index contributed by atoms with van der Waals surface area (Å²) in [6.45, 7) is 1.24. The van der Waals surface area contributed by atoms with E-state index in [2.05, 4.69) is 4.98 Å². The van der Waals surface area contributed by atoms with Crippen molar-refractivity contribution >= 4 is 17.4 Å². The second-order valence-corrected chi connectivity index (χ2v) is 3.87. The van der Waals surface area contributed by atoms with E-state index in [1.165, 1.54) is 0 Å². The van der Waals surface area contributed by atoms with Crippen LogP contribution in [0.2, 0.25) is 5.02 Å². The van der Waals surface area contributed by atoms with E-state index >= 15 is 0 Å². The molecule has 0 bridgehead atoms. The van der Waals surface area contributed by atoms with Gasteiger partial charge in [-0.1, -0.05) is 11.6 Å². The second kappa shape index (κ2) is 5.90. The Kier molecular flexibility index (Phi) is 4.81. The van der Waals surface area contributed by atoms with Crippen molar-refractivity contribution in [2.75, 3.05) is 32.2 Å². The van der Waals surface area contributed by atoms with E-state index < -0.39 is 0 Å².